The highest BCUT2D eigenvalue weighted by Gasteiger charge is 2.39. The van der Waals surface area contributed by atoms with E-state index < -0.39 is 15.4 Å². The molecule has 7 heteroatoms. The zero-order chi connectivity index (χ0) is 20.2. The highest BCUT2D eigenvalue weighted by Crippen LogP contribution is 2.23. The molecule has 1 saturated heterocycles. The summed E-state index contributed by atoms with van der Waals surface area (Å²) in [7, 11) is -3.05. The number of carbonyl (C=O) groups is 1. The predicted molar refractivity (Wildman–Crippen MR) is 114 cm³/mol. The molecule has 3 rings (SSSR count). The largest absolute Gasteiger partial charge is 0.349 e. The minimum atomic E-state index is -3.05. The number of aryl methyl sites for hydroxylation is 1. The summed E-state index contributed by atoms with van der Waals surface area (Å²) in [5.41, 5.74) is 0.588. The van der Waals surface area contributed by atoms with Gasteiger partial charge in [0.05, 0.1) is 23.6 Å². The number of hydrogen-bond donors (Lipinski definition) is 1. The van der Waals surface area contributed by atoms with Gasteiger partial charge in [-0.15, -0.1) is 11.3 Å². The molecule has 0 aliphatic carbocycles. The number of carbonyl (C=O) groups excluding carboxylic acids is 1. The molecule has 1 amide bonds. The monoisotopic (exact) mass is 420 g/mol. The van der Waals surface area contributed by atoms with E-state index in [9.17, 15) is 13.2 Å². The maximum absolute atomic E-state index is 12.7. The number of sulfone groups is 1. The highest BCUT2D eigenvalue weighted by molar-refractivity contribution is 7.91. The van der Waals surface area contributed by atoms with Crippen LogP contribution in [0.15, 0.2) is 42.5 Å². The number of amides is 1. The van der Waals surface area contributed by atoms with Gasteiger partial charge in [-0.25, -0.2) is 8.42 Å². The minimum Gasteiger partial charge on any atom is -0.349 e. The lowest BCUT2D eigenvalue weighted by molar-refractivity contribution is -0.123. The second-order valence-electron chi connectivity index (χ2n) is 7.91. The lowest BCUT2D eigenvalue weighted by Crippen LogP contribution is -2.50. The highest BCUT2D eigenvalue weighted by atomic mass is 32.2. The average molecular weight is 421 g/mol. The van der Waals surface area contributed by atoms with Gasteiger partial charge < -0.3 is 5.32 Å². The van der Waals surface area contributed by atoms with Gasteiger partial charge in [-0.1, -0.05) is 30.3 Å². The van der Waals surface area contributed by atoms with Gasteiger partial charge in [-0.2, -0.15) is 0 Å². The summed E-state index contributed by atoms with van der Waals surface area (Å²) in [5, 5.41) is 2.97. The molecule has 0 spiro atoms. The quantitative estimate of drug-likeness (QED) is 0.713. The maximum Gasteiger partial charge on any atom is 0.234 e. The Hall–Kier alpha value is -1.70. The first kappa shape index (κ1) is 21.0. The smallest absolute Gasteiger partial charge is 0.234 e. The predicted octanol–water partition coefficient (Wildman–Crippen LogP) is 2.79. The van der Waals surface area contributed by atoms with Crippen molar-refractivity contribution in [1.82, 2.24) is 10.2 Å². The number of nitrogens with zero attached hydrogens (tertiary/aromatic N) is 1. The third-order valence-corrected chi connectivity index (χ3v) is 7.94. The fraction of sp³-hybridized carbons (Fsp3) is 0.476. The molecular formula is C21H28N2O3S2. The number of benzene rings is 1. The van der Waals surface area contributed by atoms with E-state index in [1.807, 2.05) is 25.1 Å². The van der Waals surface area contributed by atoms with Crippen LogP contribution >= 0.6 is 11.3 Å². The molecule has 1 N–H and O–H groups in total. The fourth-order valence-corrected chi connectivity index (χ4v) is 6.65. The van der Waals surface area contributed by atoms with Crippen LogP contribution in [0.5, 0.6) is 0 Å². The van der Waals surface area contributed by atoms with Crippen molar-refractivity contribution in [2.24, 2.45) is 0 Å². The molecule has 1 aromatic carbocycles. The van der Waals surface area contributed by atoms with Gasteiger partial charge in [0.15, 0.2) is 9.84 Å². The van der Waals surface area contributed by atoms with E-state index in [0.29, 0.717) is 13.0 Å². The Labute approximate surface area is 171 Å². The van der Waals surface area contributed by atoms with Gasteiger partial charge in [-0.05, 0) is 44.4 Å². The summed E-state index contributed by atoms with van der Waals surface area (Å²) in [4.78, 5) is 17.3. The Morgan fingerprint density at radius 3 is 2.57 bits per heavy atom. The Morgan fingerprint density at radius 2 is 1.96 bits per heavy atom. The topological polar surface area (TPSA) is 66.5 Å². The molecule has 152 valence electrons. The van der Waals surface area contributed by atoms with Crippen molar-refractivity contribution in [3.8, 4) is 0 Å². The van der Waals surface area contributed by atoms with Crippen molar-refractivity contribution in [3.63, 3.8) is 0 Å². The van der Waals surface area contributed by atoms with Crippen LogP contribution in [0.2, 0.25) is 0 Å². The zero-order valence-corrected chi connectivity index (χ0v) is 18.1. The average Bonchev–Trinajstić information content (AvgIpc) is 3.15. The molecule has 1 atom stereocenters. The molecule has 1 aromatic heterocycles. The Kier molecular flexibility index (Phi) is 6.58. The third-order valence-electron chi connectivity index (χ3n) is 5.05. The molecule has 0 saturated carbocycles. The molecule has 2 aromatic rings. The first-order valence-corrected chi connectivity index (χ1v) is 12.2. The number of thiophene rings is 1. The molecular weight excluding hydrogens is 392 g/mol. The molecule has 1 fully saturated rings. The van der Waals surface area contributed by atoms with Crippen LogP contribution in [0.3, 0.4) is 0 Å². The van der Waals surface area contributed by atoms with Gasteiger partial charge in [0, 0.05) is 22.8 Å². The van der Waals surface area contributed by atoms with Crippen molar-refractivity contribution in [3.05, 3.63) is 57.8 Å². The standard InChI is InChI=1S/C21H28N2O3S2/c1-17-8-9-19(27-17)14-23(12-10-18-6-4-3-5-7-18)15-20(24)22-21(2)11-13-28(25,26)16-21/h3-9H,10-16H2,1-2H3,(H,22,24). The van der Waals surface area contributed by atoms with Crippen molar-refractivity contribution in [2.75, 3.05) is 24.6 Å². The molecule has 28 heavy (non-hydrogen) atoms. The second-order valence-corrected chi connectivity index (χ2v) is 11.5. The van der Waals surface area contributed by atoms with Gasteiger partial charge in [0.2, 0.25) is 5.91 Å². The van der Waals surface area contributed by atoms with Crippen molar-refractivity contribution in [1.29, 1.82) is 0 Å². The van der Waals surface area contributed by atoms with Crippen LogP contribution in [0.4, 0.5) is 0 Å². The van der Waals surface area contributed by atoms with Gasteiger partial charge in [0.25, 0.3) is 0 Å². The van der Waals surface area contributed by atoms with Crippen LogP contribution in [0.1, 0.15) is 28.7 Å². The number of rotatable bonds is 8. The van der Waals surface area contributed by atoms with Crippen LogP contribution in [0, 0.1) is 6.92 Å². The summed E-state index contributed by atoms with van der Waals surface area (Å²) >= 11 is 1.74. The Balaban J connectivity index is 1.62. The Morgan fingerprint density at radius 1 is 1.21 bits per heavy atom. The zero-order valence-electron chi connectivity index (χ0n) is 16.5. The van der Waals surface area contributed by atoms with E-state index in [1.54, 1.807) is 11.3 Å². The van der Waals surface area contributed by atoms with Gasteiger partial charge in [0.1, 0.15) is 0 Å². The molecule has 1 unspecified atom stereocenters. The van der Waals surface area contributed by atoms with Crippen molar-refractivity contribution < 1.29 is 13.2 Å². The van der Waals surface area contributed by atoms with E-state index in [2.05, 4.69) is 41.4 Å². The fourth-order valence-electron chi connectivity index (χ4n) is 3.62. The second kappa shape index (κ2) is 8.76. The summed E-state index contributed by atoms with van der Waals surface area (Å²) in [5.74, 6) is 0.0662. The lowest BCUT2D eigenvalue weighted by atomic mass is 10.0. The van der Waals surface area contributed by atoms with Crippen LogP contribution in [0.25, 0.3) is 0 Å². The molecule has 1 aliphatic rings. The molecule has 2 heterocycles. The van der Waals surface area contributed by atoms with E-state index in [1.165, 1.54) is 15.3 Å². The molecule has 0 bridgehead atoms. The van der Waals surface area contributed by atoms with E-state index in [4.69, 9.17) is 0 Å². The van der Waals surface area contributed by atoms with Crippen LogP contribution < -0.4 is 5.32 Å². The Bertz CT molecular complexity index is 909. The maximum atomic E-state index is 12.7. The number of hydrogen-bond acceptors (Lipinski definition) is 5. The van der Waals surface area contributed by atoms with E-state index in [0.717, 1.165) is 13.0 Å². The van der Waals surface area contributed by atoms with Gasteiger partial charge in [-0.3, -0.25) is 9.69 Å². The first-order valence-electron chi connectivity index (χ1n) is 9.56. The lowest BCUT2D eigenvalue weighted by Gasteiger charge is -2.27. The van der Waals surface area contributed by atoms with Crippen LogP contribution in [-0.2, 0) is 27.6 Å². The summed E-state index contributed by atoms with van der Waals surface area (Å²) in [6.45, 7) is 5.65. The molecule has 0 radical (unpaired) electrons. The van der Waals surface area contributed by atoms with Crippen LogP contribution in [-0.4, -0.2) is 49.4 Å². The minimum absolute atomic E-state index is 0.0277. The SMILES string of the molecule is Cc1ccc(CN(CCc2ccccc2)CC(=O)NC2(C)CCS(=O)(=O)C2)s1. The molecule has 1 aliphatic heterocycles. The third kappa shape index (κ3) is 6.15. The normalized spacial score (nSPS) is 21.1. The summed E-state index contributed by atoms with van der Waals surface area (Å²) in [6.07, 6.45) is 1.35. The molecule has 5 nitrogen and oxygen atoms in total. The summed E-state index contributed by atoms with van der Waals surface area (Å²) < 4.78 is 23.6. The first-order chi connectivity index (χ1) is 13.2. The van der Waals surface area contributed by atoms with Crippen molar-refractivity contribution in [2.45, 2.75) is 38.8 Å². The summed E-state index contributed by atoms with van der Waals surface area (Å²) in [6, 6.07) is 14.4. The van der Waals surface area contributed by atoms with Crippen molar-refractivity contribution >= 4 is 27.1 Å². The van der Waals surface area contributed by atoms with E-state index in [-0.39, 0.29) is 24.0 Å². The number of nitrogens with one attached hydrogen (secondary N) is 1. The van der Waals surface area contributed by atoms with Gasteiger partial charge >= 0.3 is 0 Å². The van der Waals surface area contributed by atoms with E-state index >= 15 is 0 Å².